The number of carbonyl (C=O) groups excluding carboxylic acids is 4. The SMILES string of the molecule is CC(C)CC(NC(=O)[C@@H](Cc1ccccc1)NC(=O)[C@H](N)Cc1ccccc1)C(=O)N[C@H](CCCCN)C(=O)N1CCC2(CN(S(C)(=O)=O)C2)C(F)(F)C1. The minimum atomic E-state index is -3.62. The zero-order valence-corrected chi connectivity index (χ0v) is 32.1. The van der Waals surface area contributed by atoms with E-state index in [1.54, 1.807) is 12.1 Å². The summed E-state index contributed by atoms with van der Waals surface area (Å²) < 4.78 is 56.0. The van der Waals surface area contributed by atoms with Gasteiger partial charge in [0.05, 0.1) is 24.3 Å². The Labute approximate surface area is 317 Å². The predicted octanol–water partition coefficient (Wildman–Crippen LogP) is 1.56. The van der Waals surface area contributed by atoms with Crippen molar-refractivity contribution >= 4 is 33.7 Å². The molecule has 13 nitrogen and oxygen atoms in total. The van der Waals surface area contributed by atoms with Gasteiger partial charge in [0.15, 0.2) is 0 Å². The number of amides is 4. The Hall–Kier alpha value is -3.99. The number of alkyl halides is 2. The number of carbonyl (C=O) groups is 4. The summed E-state index contributed by atoms with van der Waals surface area (Å²) in [5.74, 6) is -5.97. The van der Waals surface area contributed by atoms with Gasteiger partial charge < -0.3 is 32.3 Å². The summed E-state index contributed by atoms with van der Waals surface area (Å²) in [6, 6.07) is 13.9. The number of likely N-dealkylation sites (tertiary alicyclic amines) is 1. The quantitative estimate of drug-likeness (QED) is 0.141. The molecule has 298 valence electrons. The van der Waals surface area contributed by atoms with Crippen molar-refractivity contribution in [1.82, 2.24) is 25.2 Å². The number of nitrogens with zero attached hydrogens (tertiary/aromatic N) is 2. The fourth-order valence-electron chi connectivity index (χ4n) is 6.98. The minimum Gasteiger partial charge on any atom is -0.343 e. The van der Waals surface area contributed by atoms with Gasteiger partial charge in [0.2, 0.25) is 33.7 Å². The van der Waals surface area contributed by atoms with E-state index in [-0.39, 0.29) is 57.7 Å². The lowest BCUT2D eigenvalue weighted by molar-refractivity contribution is -0.210. The van der Waals surface area contributed by atoms with E-state index in [4.69, 9.17) is 11.5 Å². The van der Waals surface area contributed by atoms with Crippen LogP contribution in [0.4, 0.5) is 8.78 Å². The van der Waals surface area contributed by atoms with Gasteiger partial charge in [-0.05, 0) is 62.1 Å². The van der Waals surface area contributed by atoms with E-state index >= 15 is 8.78 Å². The summed E-state index contributed by atoms with van der Waals surface area (Å²) in [5.41, 5.74) is 12.0. The van der Waals surface area contributed by atoms with E-state index < -0.39 is 75.7 Å². The molecular weight excluding hydrogens is 721 g/mol. The Morgan fingerprint density at radius 2 is 1.33 bits per heavy atom. The Kier molecular flexibility index (Phi) is 14.7. The first-order valence-corrected chi connectivity index (χ1v) is 20.4. The first-order chi connectivity index (χ1) is 25.4. The van der Waals surface area contributed by atoms with Crippen LogP contribution < -0.4 is 27.4 Å². The molecule has 1 spiro atoms. The molecule has 54 heavy (non-hydrogen) atoms. The lowest BCUT2D eigenvalue weighted by Crippen LogP contribution is -2.71. The van der Waals surface area contributed by atoms with Crippen LogP contribution in [0, 0.1) is 11.3 Å². The highest BCUT2D eigenvalue weighted by atomic mass is 32.2. The molecule has 0 aromatic heterocycles. The second kappa shape index (κ2) is 18.6. The van der Waals surface area contributed by atoms with Gasteiger partial charge in [0, 0.05) is 26.1 Å². The maximum absolute atomic E-state index is 15.6. The summed E-state index contributed by atoms with van der Waals surface area (Å²) in [7, 11) is -3.62. The van der Waals surface area contributed by atoms with Gasteiger partial charge in [-0.2, -0.15) is 0 Å². The monoisotopic (exact) mass is 775 g/mol. The molecule has 16 heteroatoms. The van der Waals surface area contributed by atoms with E-state index in [2.05, 4.69) is 16.0 Å². The lowest BCUT2D eigenvalue weighted by atomic mass is 9.70. The number of benzene rings is 2. The van der Waals surface area contributed by atoms with Crippen LogP contribution in [-0.2, 0) is 42.0 Å². The third-order valence-corrected chi connectivity index (χ3v) is 11.4. The number of hydrogen-bond acceptors (Lipinski definition) is 8. The predicted molar refractivity (Wildman–Crippen MR) is 201 cm³/mol. The van der Waals surface area contributed by atoms with Gasteiger partial charge in [0.1, 0.15) is 18.1 Å². The average molecular weight is 776 g/mol. The number of nitrogens with one attached hydrogen (secondary N) is 3. The van der Waals surface area contributed by atoms with Crippen LogP contribution in [0.3, 0.4) is 0 Å². The van der Waals surface area contributed by atoms with E-state index in [0.717, 1.165) is 26.6 Å². The van der Waals surface area contributed by atoms with Gasteiger partial charge in [-0.1, -0.05) is 74.5 Å². The van der Waals surface area contributed by atoms with Crippen LogP contribution in [0.15, 0.2) is 60.7 Å². The smallest absolute Gasteiger partial charge is 0.273 e. The van der Waals surface area contributed by atoms with Gasteiger partial charge in [-0.3, -0.25) is 19.2 Å². The number of sulfonamides is 1. The number of unbranched alkanes of at least 4 members (excludes halogenated alkanes) is 1. The van der Waals surface area contributed by atoms with Crippen LogP contribution >= 0.6 is 0 Å². The Morgan fingerprint density at radius 1 is 0.796 bits per heavy atom. The zero-order valence-electron chi connectivity index (χ0n) is 31.3. The summed E-state index contributed by atoms with van der Waals surface area (Å²) in [4.78, 5) is 56.0. The molecule has 2 aliphatic heterocycles. The highest BCUT2D eigenvalue weighted by molar-refractivity contribution is 7.88. The molecule has 2 aromatic rings. The highest BCUT2D eigenvalue weighted by Crippen LogP contribution is 2.50. The molecule has 0 aliphatic carbocycles. The molecule has 1 unspecified atom stereocenters. The molecule has 4 amide bonds. The summed E-state index contributed by atoms with van der Waals surface area (Å²) in [6.45, 7) is 2.46. The van der Waals surface area contributed by atoms with Gasteiger partial charge in [-0.25, -0.2) is 21.5 Å². The molecule has 2 saturated heterocycles. The van der Waals surface area contributed by atoms with E-state index in [1.165, 1.54) is 0 Å². The van der Waals surface area contributed by atoms with Crippen molar-refractivity contribution in [3.63, 3.8) is 0 Å². The highest BCUT2D eigenvalue weighted by Gasteiger charge is 2.64. The molecule has 4 rings (SSSR count). The molecule has 0 bridgehead atoms. The van der Waals surface area contributed by atoms with Crippen molar-refractivity contribution in [2.75, 3.05) is 39.0 Å². The fourth-order valence-corrected chi connectivity index (χ4v) is 7.94. The minimum absolute atomic E-state index is 0.0330. The summed E-state index contributed by atoms with van der Waals surface area (Å²) >= 11 is 0. The first kappa shape index (κ1) is 42.7. The molecule has 0 saturated carbocycles. The Bertz CT molecular complexity index is 1690. The van der Waals surface area contributed by atoms with Gasteiger partial charge in [0.25, 0.3) is 5.92 Å². The third kappa shape index (κ3) is 11.3. The van der Waals surface area contributed by atoms with Crippen molar-refractivity contribution < 1.29 is 36.4 Å². The standard InChI is InChI=1S/C38H55F2N7O6S/c1-26(2)20-31(45-35(50)32(22-28-14-8-5-9-15-28)44-33(48)29(42)21-27-12-6-4-7-13-27)34(49)43-30(16-10-11-18-41)36(51)46-19-17-37(38(39,40)25-46)23-47(24-37)54(3,52)53/h4-9,12-15,26,29-32H,10-11,16-25,41-42H2,1-3H3,(H,43,49)(H,44,48)(H,45,50)/t29-,30-,31?,32-/m1/s1. The molecule has 2 fully saturated rings. The van der Waals surface area contributed by atoms with Gasteiger partial charge in [-0.15, -0.1) is 0 Å². The topological polar surface area (TPSA) is 197 Å². The molecule has 4 atom stereocenters. The second-order valence-corrected chi connectivity index (χ2v) is 17.1. The third-order valence-electron chi connectivity index (χ3n) is 10.2. The average Bonchev–Trinajstić information content (AvgIpc) is 3.09. The van der Waals surface area contributed by atoms with E-state index in [0.29, 0.717) is 19.4 Å². The summed E-state index contributed by atoms with van der Waals surface area (Å²) in [6.07, 6.45) is 2.50. The van der Waals surface area contributed by atoms with Gasteiger partial charge >= 0.3 is 0 Å². The fraction of sp³-hybridized carbons (Fsp3) is 0.579. The summed E-state index contributed by atoms with van der Waals surface area (Å²) in [5, 5.41) is 8.29. The maximum Gasteiger partial charge on any atom is 0.273 e. The van der Waals surface area contributed by atoms with Crippen molar-refractivity contribution in [1.29, 1.82) is 0 Å². The Morgan fingerprint density at radius 3 is 1.87 bits per heavy atom. The van der Waals surface area contributed by atoms with Crippen LogP contribution in [0.25, 0.3) is 0 Å². The van der Waals surface area contributed by atoms with Crippen molar-refractivity contribution in [3.8, 4) is 0 Å². The van der Waals surface area contributed by atoms with Crippen LogP contribution in [0.1, 0.15) is 57.1 Å². The normalized spacial score (nSPS) is 18.9. The molecular formula is C38H55F2N7O6S. The molecule has 0 radical (unpaired) electrons. The Balaban J connectivity index is 1.48. The largest absolute Gasteiger partial charge is 0.343 e. The van der Waals surface area contributed by atoms with Crippen molar-refractivity contribution in [2.45, 2.75) is 88.9 Å². The second-order valence-electron chi connectivity index (χ2n) is 15.1. The van der Waals surface area contributed by atoms with E-state index in [1.807, 2.05) is 62.4 Å². The van der Waals surface area contributed by atoms with Crippen molar-refractivity contribution in [3.05, 3.63) is 71.8 Å². The molecule has 7 N–H and O–H groups in total. The maximum atomic E-state index is 15.6. The molecule has 2 aliphatic rings. The lowest BCUT2D eigenvalue weighted by Gasteiger charge is -2.56. The number of nitrogens with two attached hydrogens (primary N) is 2. The molecule has 2 heterocycles. The molecule has 2 aromatic carbocycles. The number of piperidine rings is 1. The van der Waals surface area contributed by atoms with Crippen molar-refractivity contribution in [2.24, 2.45) is 22.8 Å². The zero-order chi connectivity index (χ0) is 39.7. The van der Waals surface area contributed by atoms with Crippen LogP contribution in [0.5, 0.6) is 0 Å². The van der Waals surface area contributed by atoms with E-state index in [9.17, 15) is 27.6 Å². The van der Waals surface area contributed by atoms with Crippen LogP contribution in [0.2, 0.25) is 0 Å². The van der Waals surface area contributed by atoms with Crippen LogP contribution in [-0.4, -0.2) is 110 Å². The number of hydrogen-bond donors (Lipinski definition) is 5. The first-order valence-electron chi connectivity index (χ1n) is 18.5. The number of halogens is 2. The number of rotatable bonds is 18.